The summed E-state index contributed by atoms with van der Waals surface area (Å²) in [6.45, 7) is 1.28. The van der Waals surface area contributed by atoms with E-state index in [1.54, 1.807) is 24.1 Å². The summed E-state index contributed by atoms with van der Waals surface area (Å²) in [6, 6.07) is 3.72. The maximum atomic E-state index is 13.5. The van der Waals surface area contributed by atoms with Crippen molar-refractivity contribution in [3.8, 4) is 0 Å². The SMILES string of the molecule is COCCCn1ccnc1Nc1c(F)cccc1F. The molecule has 4 nitrogen and oxygen atoms in total. The highest BCUT2D eigenvalue weighted by Crippen LogP contribution is 2.22. The van der Waals surface area contributed by atoms with Gasteiger partial charge in [0.15, 0.2) is 0 Å². The third-order valence-electron chi connectivity index (χ3n) is 2.66. The number of hydrogen-bond donors (Lipinski definition) is 1. The van der Waals surface area contributed by atoms with E-state index in [2.05, 4.69) is 10.3 Å². The van der Waals surface area contributed by atoms with Crippen molar-refractivity contribution >= 4 is 11.6 Å². The van der Waals surface area contributed by atoms with Gasteiger partial charge < -0.3 is 14.6 Å². The molecular formula is C13H15F2N3O. The second-order valence-electron chi connectivity index (χ2n) is 4.01. The van der Waals surface area contributed by atoms with Crippen molar-refractivity contribution < 1.29 is 13.5 Å². The lowest BCUT2D eigenvalue weighted by Crippen LogP contribution is -2.07. The molecule has 0 aliphatic rings. The molecule has 0 aliphatic carbocycles. The normalized spacial score (nSPS) is 10.7. The second kappa shape index (κ2) is 6.29. The van der Waals surface area contributed by atoms with Crippen molar-refractivity contribution in [2.75, 3.05) is 19.0 Å². The summed E-state index contributed by atoms with van der Waals surface area (Å²) in [5, 5.41) is 2.68. The first kappa shape index (κ1) is 13.5. The number of rotatable bonds is 6. The third-order valence-corrected chi connectivity index (χ3v) is 2.66. The average Bonchev–Trinajstić information content (AvgIpc) is 2.82. The first-order valence-corrected chi connectivity index (χ1v) is 5.93. The van der Waals surface area contributed by atoms with Gasteiger partial charge in [-0.1, -0.05) is 6.07 Å². The van der Waals surface area contributed by atoms with Crippen molar-refractivity contribution in [2.24, 2.45) is 0 Å². The summed E-state index contributed by atoms with van der Waals surface area (Å²) in [5.74, 6) is -0.891. The van der Waals surface area contributed by atoms with Gasteiger partial charge in [0.1, 0.15) is 17.3 Å². The summed E-state index contributed by atoms with van der Waals surface area (Å²) in [5.41, 5.74) is -0.193. The smallest absolute Gasteiger partial charge is 0.207 e. The number of nitrogens with one attached hydrogen (secondary N) is 1. The summed E-state index contributed by atoms with van der Waals surface area (Å²) in [6.07, 6.45) is 4.12. The fraction of sp³-hybridized carbons (Fsp3) is 0.308. The molecular weight excluding hydrogens is 252 g/mol. The van der Waals surface area contributed by atoms with Crippen molar-refractivity contribution in [1.29, 1.82) is 0 Å². The van der Waals surface area contributed by atoms with Crippen LogP contribution in [0.5, 0.6) is 0 Å². The number of para-hydroxylation sites is 1. The Morgan fingerprint density at radius 1 is 1.32 bits per heavy atom. The van der Waals surface area contributed by atoms with Crippen molar-refractivity contribution in [3.05, 3.63) is 42.2 Å². The van der Waals surface area contributed by atoms with Crippen LogP contribution < -0.4 is 5.32 Å². The predicted octanol–water partition coefficient (Wildman–Crippen LogP) is 2.94. The number of aromatic nitrogens is 2. The number of benzene rings is 1. The Labute approximate surface area is 110 Å². The topological polar surface area (TPSA) is 39.1 Å². The zero-order valence-electron chi connectivity index (χ0n) is 10.6. The monoisotopic (exact) mass is 267 g/mol. The van der Waals surface area contributed by atoms with E-state index in [9.17, 15) is 8.78 Å². The van der Waals surface area contributed by atoms with Crippen LogP contribution in [0.25, 0.3) is 0 Å². The van der Waals surface area contributed by atoms with E-state index in [1.165, 1.54) is 18.2 Å². The molecule has 1 N–H and O–H groups in total. The molecule has 0 radical (unpaired) electrons. The van der Waals surface area contributed by atoms with Gasteiger partial charge in [-0.2, -0.15) is 0 Å². The Bertz CT molecular complexity index is 522. The van der Waals surface area contributed by atoms with E-state index >= 15 is 0 Å². The van der Waals surface area contributed by atoms with Crippen LogP contribution in [0, 0.1) is 11.6 Å². The molecule has 0 spiro atoms. The quantitative estimate of drug-likeness (QED) is 0.818. The highest BCUT2D eigenvalue weighted by molar-refractivity contribution is 5.55. The van der Waals surface area contributed by atoms with E-state index in [0.717, 1.165) is 6.42 Å². The minimum absolute atomic E-state index is 0.193. The lowest BCUT2D eigenvalue weighted by atomic mass is 10.3. The van der Waals surface area contributed by atoms with Crippen LogP contribution in [-0.4, -0.2) is 23.3 Å². The molecule has 2 aromatic rings. The molecule has 1 aromatic carbocycles. The van der Waals surface area contributed by atoms with Gasteiger partial charge >= 0.3 is 0 Å². The van der Waals surface area contributed by atoms with Crippen LogP contribution in [0.2, 0.25) is 0 Å². The number of imidazole rings is 1. The van der Waals surface area contributed by atoms with E-state index in [-0.39, 0.29) is 5.69 Å². The molecule has 102 valence electrons. The molecule has 19 heavy (non-hydrogen) atoms. The molecule has 0 unspecified atom stereocenters. The maximum absolute atomic E-state index is 13.5. The van der Waals surface area contributed by atoms with Gasteiger partial charge in [-0.3, -0.25) is 0 Å². The van der Waals surface area contributed by atoms with E-state index in [4.69, 9.17) is 4.74 Å². The zero-order chi connectivity index (χ0) is 13.7. The number of anilines is 2. The summed E-state index contributed by atoms with van der Waals surface area (Å²) in [4.78, 5) is 4.05. The first-order chi connectivity index (χ1) is 9.22. The van der Waals surface area contributed by atoms with E-state index in [1.807, 2.05) is 0 Å². The standard InChI is InChI=1S/C13H15F2N3O/c1-19-9-3-7-18-8-6-16-13(18)17-12-10(14)4-2-5-11(12)15/h2,4-6,8H,3,7,9H2,1H3,(H,16,17). The van der Waals surface area contributed by atoms with Gasteiger partial charge in [-0.15, -0.1) is 0 Å². The van der Waals surface area contributed by atoms with Gasteiger partial charge in [0.05, 0.1) is 0 Å². The fourth-order valence-corrected chi connectivity index (χ4v) is 1.72. The lowest BCUT2D eigenvalue weighted by Gasteiger charge is -2.10. The Balaban J connectivity index is 2.13. The molecule has 0 saturated heterocycles. The van der Waals surface area contributed by atoms with Gasteiger partial charge in [0, 0.05) is 32.7 Å². The molecule has 0 amide bonds. The van der Waals surface area contributed by atoms with E-state index in [0.29, 0.717) is 19.1 Å². The average molecular weight is 267 g/mol. The van der Waals surface area contributed by atoms with Crippen LogP contribution in [-0.2, 0) is 11.3 Å². The van der Waals surface area contributed by atoms with E-state index < -0.39 is 11.6 Å². The lowest BCUT2D eigenvalue weighted by molar-refractivity contribution is 0.190. The minimum Gasteiger partial charge on any atom is -0.385 e. The number of aryl methyl sites for hydroxylation is 1. The number of halogens is 2. The number of nitrogens with zero attached hydrogens (tertiary/aromatic N) is 2. The molecule has 0 aliphatic heterocycles. The number of methoxy groups -OCH3 is 1. The third kappa shape index (κ3) is 3.29. The predicted molar refractivity (Wildman–Crippen MR) is 68.4 cm³/mol. The van der Waals surface area contributed by atoms with Gasteiger partial charge in [-0.25, -0.2) is 13.8 Å². The Morgan fingerprint density at radius 3 is 2.74 bits per heavy atom. The Morgan fingerprint density at radius 2 is 2.05 bits per heavy atom. The first-order valence-electron chi connectivity index (χ1n) is 5.93. The Hall–Kier alpha value is -1.95. The summed E-state index contributed by atoms with van der Waals surface area (Å²) in [7, 11) is 1.63. The van der Waals surface area contributed by atoms with Crippen LogP contribution >= 0.6 is 0 Å². The summed E-state index contributed by atoms with van der Waals surface area (Å²) < 4.78 is 33.8. The van der Waals surface area contributed by atoms with Gasteiger partial charge in [0.2, 0.25) is 5.95 Å². The molecule has 6 heteroatoms. The second-order valence-corrected chi connectivity index (χ2v) is 4.01. The molecule has 1 aromatic heterocycles. The van der Waals surface area contributed by atoms with Crippen molar-refractivity contribution in [1.82, 2.24) is 9.55 Å². The van der Waals surface area contributed by atoms with Crippen LogP contribution in [0.1, 0.15) is 6.42 Å². The zero-order valence-corrected chi connectivity index (χ0v) is 10.6. The molecule has 2 rings (SSSR count). The molecule has 0 atom stereocenters. The summed E-state index contributed by atoms with van der Waals surface area (Å²) >= 11 is 0. The number of ether oxygens (including phenoxy) is 1. The molecule has 0 saturated carbocycles. The molecule has 1 heterocycles. The highest BCUT2D eigenvalue weighted by atomic mass is 19.1. The fourth-order valence-electron chi connectivity index (χ4n) is 1.72. The van der Waals surface area contributed by atoms with Crippen LogP contribution in [0.3, 0.4) is 0 Å². The van der Waals surface area contributed by atoms with Gasteiger partial charge in [0.25, 0.3) is 0 Å². The van der Waals surface area contributed by atoms with Crippen molar-refractivity contribution in [2.45, 2.75) is 13.0 Å². The Kier molecular flexibility index (Phi) is 4.46. The largest absolute Gasteiger partial charge is 0.385 e. The van der Waals surface area contributed by atoms with Gasteiger partial charge in [-0.05, 0) is 18.6 Å². The molecule has 0 bridgehead atoms. The minimum atomic E-state index is -0.647. The van der Waals surface area contributed by atoms with Crippen molar-refractivity contribution in [3.63, 3.8) is 0 Å². The highest BCUT2D eigenvalue weighted by Gasteiger charge is 2.11. The maximum Gasteiger partial charge on any atom is 0.207 e. The number of hydrogen-bond acceptors (Lipinski definition) is 3. The van der Waals surface area contributed by atoms with Crippen LogP contribution in [0.4, 0.5) is 20.4 Å². The molecule has 0 fully saturated rings. The van der Waals surface area contributed by atoms with Crippen LogP contribution in [0.15, 0.2) is 30.6 Å².